The van der Waals surface area contributed by atoms with Crippen LogP contribution in [-0.4, -0.2) is 32.0 Å². The number of rotatable bonds is 4. The predicted molar refractivity (Wildman–Crippen MR) is 73.0 cm³/mol. The van der Waals surface area contributed by atoms with E-state index in [1.165, 1.54) is 25.5 Å². The monoisotopic (exact) mass is 261 g/mol. The van der Waals surface area contributed by atoms with E-state index < -0.39 is 14.6 Å². The van der Waals surface area contributed by atoms with Gasteiger partial charge in [-0.1, -0.05) is 20.3 Å². The minimum Gasteiger partial charge on any atom is -0.312 e. The predicted octanol–water partition coefficient (Wildman–Crippen LogP) is 2.37. The number of hydrogen-bond donors (Lipinski definition) is 1. The van der Waals surface area contributed by atoms with E-state index >= 15 is 0 Å². The molecule has 1 N–H and O–H groups in total. The first kappa shape index (κ1) is 15.0. The van der Waals surface area contributed by atoms with Gasteiger partial charge in [-0.15, -0.1) is 0 Å². The van der Waals surface area contributed by atoms with Crippen molar-refractivity contribution in [1.29, 1.82) is 0 Å². The van der Waals surface area contributed by atoms with Crippen molar-refractivity contribution >= 4 is 9.84 Å². The molecule has 102 valence electrons. The van der Waals surface area contributed by atoms with Crippen LogP contribution in [0.4, 0.5) is 0 Å². The van der Waals surface area contributed by atoms with Crippen molar-refractivity contribution in [2.24, 2.45) is 5.41 Å². The normalized spacial score (nSPS) is 25.8. The van der Waals surface area contributed by atoms with Gasteiger partial charge in [-0.05, 0) is 38.5 Å². The van der Waals surface area contributed by atoms with Crippen molar-refractivity contribution < 1.29 is 8.42 Å². The summed E-state index contributed by atoms with van der Waals surface area (Å²) in [5, 5.41) is 3.44. The van der Waals surface area contributed by atoms with Crippen molar-refractivity contribution in [3.05, 3.63) is 0 Å². The third-order valence-electron chi connectivity index (χ3n) is 4.03. The zero-order chi connectivity index (χ0) is 13.3. The SMILES string of the molecule is CC1(C)CCCC(NCC(C)(C)S(C)(=O)=O)C1. The van der Waals surface area contributed by atoms with Gasteiger partial charge < -0.3 is 5.32 Å². The lowest BCUT2D eigenvalue weighted by atomic mass is 9.75. The van der Waals surface area contributed by atoms with E-state index in [1.54, 1.807) is 13.8 Å². The summed E-state index contributed by atoms with van der Waals surface area (Å²) < 4.78 is 22.6. The molecule has 0 spiro atoms. The van der Waals surface area contributed by atoms with E-state index in [2.05, 4.69) is 19.2 Å². The Balaban J connectivity index is 2.52. The summed E-state index contributed by atoms with van der Waals surface area (Å²) in [6.07, 6.45) is 6.15. The average Bonchev–Trinajstić information content (AvgIpc) is 2.11. The molecule has 0 amide bonds. The van der Waals surface area contributed by atoms with E-state index in [-0.39, 0.29) is 0 Å². The van der Waals surface area contributed by atoms with Gasteiger partial charge in [0.2, 0.25) is 0 Å². The van der Waals surface area contributed by atoms with Crippen LogP contribution >= 0.6 is 0 Å². The molecule has 1 saturated carbocycles. The molecule has 1 aliphatic carbocycles. The lowest BCUT2D eigenvalue weighted by Crippen LogP contribution is -2.47. The number of sulfone groups is 1. The van der Waals surface area contributed by atoms with E-state index in [9.17, 15) is 8.42 Å². The number of hydrogen-bond acceptors (Lipinski definition) is 3. The quantitative estimate of drug-likeness (QED) is 0.845. The molecule has 0 bridgehead atoms. The van der Waals surface area contributed by atoms with Crippen LogP contribution in [0.5, 0.6) is 0 Å². The summed E-state index contributed by atoms with van der Waals surface area (Å²) in [7, 11) is -2.99. The molecule has 0 aliphatic heterocycles. The zero-order valence-corrected chi connectivity index (χ0v) is 12.7. The minimum absolute atomic E-state index is 0.394. The Hall–Kier alpha value is -0.0900. The van der Waals surface area contributed by atoms with Gasteiger partial charge in [0, 0.05) is 18.8 Å². The van der Waals surface area contributed by atoms with E-state index in [0.717, 1.165) is 6.42 Å². The first-order valence-corrected chi connectivity index (χ1v) is 8.36. The van der Waals surface area contributed by atoms with E-state index in [1.807, 2.05) is 0 Å². The Bertz CT molecular complexity index is 358. The molecule has 1 aliphatic rings. The zero-order valence-electron chi connectivity index (χ0n) is 11.8. The van der Waals surface area contributed by atoms with Crippen LogP contribution in [-0.2, 0) is 9.84 Å². The van der Waals surface area contributed by atoms with Gasteiger partial charge in [0.05, 0.1) is 4.75 Å². The topological polar surface area (TPSA) is 46.2 Å². The van der Waals surface area contributed by atoms with Crippen LogP contribution in [0.25, 0.3) is 0 Å². The minimum atomic E-state index is -2.99. The smallest absolute Gasteiger partial charge is 0.153 e. The van der Waals surface area contributed by atoms with Gasteiger partial charge >= 0.3 is 0 Å². The van der Waals surface area contributed by atoms with Crippen LogP contribution in [0.15, 0.2) is 0 Å². The lowest BCUT2D eigenvalue weighted by molar-refractivity contribution is 0.197. The molecule has 0 saturated heterocycles. The fourth-order valence-corrected chi connectivity index (χ4v) is 2.74. The van der Waals surface area contributed by atoms with Gasteiger partial charge in [-0.2, -0.15) is 0 Å². The summed E-state index contributed by atoms with van der Waals surface area (Å²) >= 11 is 0. The highest BCUT2D eigenvalue weighted by molar-refractivity contribution is 7.92. The van der Waals surface area contributed by atoms with Gasteiger partial charge in [0.25, 0.3) is 0 Å². The summed E-state index contributed by atoms with van der Waals surface area (Å²) in [5.74, 6) is 0. The molecule has 1 fully saturated rings. The molecule has 0 aromatic carbocycles. The van der Waals surface area contributed by atoms with Crippen LogP contribution in [0.2, 0.25) is 0 Å². The Morgan fingerprint density at radius 3 is 2.41 bits per heavy atom. The van der Waals surface area contributed by atoms with Crippen molar-refractivity contribution in [3.63, 3.8) is 0 Å². The Morgan fingerprint density at radius 1 is 1.35 bits per heavy atom. The van der Waals surface area contributed by atoms with Crippen molar-refractivity contribution in [1.82, 2.24) is 5.32 Å². The average molecular weight is 261 g/mol. The Labute approximate surface area is 106 Å². The number of nitrogens with one attached hydrogen (secondary N) is 1. The molecule has 0 aromatic rings. The van der Waals surface area contributed by atoms with Crippen LogP contribution in [0.1, 0.15) is 53.4 Å². The van der Waals surface area contributed by atoms with Crippen LogP contribution in [0, 0.1) is 5.41 Å². The standard InChI is InChI=1S/C13H27NO2S/c1-12(2)8-6-7-11(9-12)14-10-13(3,4)17(5,15)16/h11,14H,6-10H2,1-5H3. The first-order chi connectivity index (χ1) is 7.54. The molecule has 4 heteroatoms. The fraction of sp³-hybridized carbons (Fsp3) is 1.00. The molecule has 0 radical (unpaired) electrons. The summed E-state index contributed by atoms with van der Waals surface area (Å²) in [4.78, 5) is 0. The Kier molecular flexibility index (Phi) is 4.30. The molecular formula is C13H27NO2S. The summed E-state index contributed by atoms with van der Waals surface area (Å²) in [6.45, 7) is 8.73. The lowest BCUT2D eigenvalue weighted by Gasteiger charge is -2.37. The molecule has 0 aromatic heterocycles. The highest BCUT2D eigenvalue weighted by atomic mass is 32.2. The molecular weight excluding hydrogens is 234 g/mol. The molecule has 1 unspecified atom stereocenters. The molecule has 1 atom stereocenters. The Morgan fingerprint density at radius 2 is 1.94 bits per heavy atom. The van der Waals surface area contributed by atoms with Gasteiger partial charge in [0.15, 0.2) is 9.84 Å². The second kappa shape index (κ2) is 4.88. The van der Waals surface area contributed by atoms with Gasteiger partial charge in [-0.25, -0.2) is 8.42 Å². The highest BCUT2D eigenvalue weighted by Gasteiger charge is 2.33. The first-order valence-electron chi connectivity index (χ1n) is 6.47. The largest absolute Gasteiger partial charge is 0.312 e. The molecule has 3 nitrogen and oxygen atoms in total. The van der Waals surface area contributed by atoms with Gasteiger partial charge in [-0.3, -0.25) is 0 Å². The van der Waals surface area contributed by atoms with Crippen molar-refractivity contribution in [2.75, 3.05) is 12.8 Å². The van der Waals surface area contributed by atoms with E-state index in [0.29, 0.717) is 18.0 Å². The van der Waals surface area contributed by atoms with Gasteiger partial charge in [0.1, 0.15) is 0 Å². The third-order valence-corrected chi connectivity index (χ3v) is 6.18. The molecule has 17 heavy (non-hydrogen) atoms. The van der Waals surface area contributed by atoms with Crippen molar-refractivity contribution in [3.8, 4) is 0 Å². The second-order valence-corrected chi connectivity index (χ2v) is 9.52. The molecule has 1 rings (SSSR count). The summed E-state index contributed by atoms with van der Waals surface area (Å²) in [5.41, 5.74) is 0.394. The maximum absolute atomic E-state index is 11.6. The maximum Gasteiger partial charge on any atom is 0.153 e. The second-order valence-electron chi connectivity index (χ2n) is 6.87. The fourth-order valence-electron chi connectivity index (χ4n) is 2.39. The molecule has 0 heterocycles. The van der Waals surface area contributed by atoms with E-state index in [4.69, 9.17) is 0 Å². The van der Waals surface area contributed by atoms with Crippen molar-refractivity contribution in [2.45, 2.75) is 64.2 Å². The van der Waals surface area contributed by atoms with Crippen LogP contribution in [0.3, 0.4) is 0 Å². The van der Waals surface area contributed by atoms with Crippen LogP contribution < -0.4 is 5.32 Å². The maximum atomic E-state index is 11.6. The highest BCUT2D eigenvalue weighted by Crippen LogP contribution is 2.35. The summed E-state index contributed by atoms with van der Waals surface area (Å²) in [6, 6.07) is 0.472. The third kappa shape index (κ3) is 4.25.